The number of nitrogens with zero attached hydrogens (tertiary/aromatic N) is 1. The van der Waals surface area contributed by atoms with Gasteiger partial charge in [0.25, 0.3) is 0 Å². The predicted octanol–water partition coefficient (Wildman–Crippen LogP) is 1.88. The number of rotatable bonds is 7. The molecule has 0 radical (unpaired) electrons. The van der Waals surface area contributed by atoms with Gasteiger partial charge in [0.15, 0.2) is 0 Å². The van der Waals surface area contributed by atoms with Gasteiger partial charge in [0.2, 0.25) is 0 Å². The molecule has 1 saturated heterocycles. The van der Waals surface area contributed by atoms with Crippen LogP contribution in [0.3, 0.4) is 0 Å². The van der Waals surface area contributed by atoms with Gasteiger partial charge in [0.1, 0.15) is 0 Å². The molecule has 0 aromatic rings. The third-order valence-corrected chi connectivity index (χ3v) is 3.52. The van der Waals surface area contributed by atoms with E-state index in [0.29, 0.717) is 12.1 Å². The Morgan fingerprint density at radius 1 is 1.31 bits per heavy atom. The van der Waals surface area contributed by atoms with E-state index in [1.165, 1.54) is 12.8 Å². The smallest absolute Gasteiger partial charge is 0.0700 e. The largest absolute Gasteiger partial charge is 0.376 e. The van der Waals surface area contributed by atoms with Crippen LogP contribution in [0.15, 0.2) is 0 Å². The topological polar surface area (TPSA) is 24.5 Å². The molecule has 0 bridgehead atoms. The SMILES string of the molecule is CCC(CC)NCCN1CCOC(CC)C1. The Morgan fingerprint density at radius 3 is 2.69 bits per heavy atom. The monoisotopic (exact) mass is 228 g/mol. The van der Waals surface area contributed by atoms with E-state index in [2.05, 4.69) is 31.0 Å². The van der Waals surface area contributed by atoms with Crippen molar-refractivity contribution in [2.24, 2.45) is 0 Å². The molecule has 1 atom stereocenters. The molecule has 1 fully saturated rings. The maximum Gasteiger partial charge on any atom is 0.0700 e. The zero-order valence-corrected chi connectivity index (χ0v) is 11.2. The lowest BCUT2D eigenvalue weighted by Gasteiger charge is -2.32. The standard InChI is InChI=1S/C13H28N2O/c1-4-12(5-2)14-7-8-15-9-10-16-13(6-3)11-15/h12-14H,4-11H2,1-3H3. The Hall–Kier alpha value is -0.120. The van der Waals surface area contributed by atoms with Gasteiger partial charge < -0.3 is 10.1 Å². The second-order valence-corrected chi connectivity index (χ2v) is 4.67. The first-order chi connectivity index (χ1) is 7.80. The Bertz CT molecular complexity index is 171. The van der Waals surface area contributed by atoms with Crippen molar-refractivity contribution < 1.29 is 4.74 Å². The summed E-state index contributed by atoms with van der Waals surface area (Å²) in [7, 11) is 0. The Labute approximate surface area is 101 Å². The van der Waals surface area contributed by atoms with Crippen LogP contribution in [0.1, 0.15) is 40.0 Å². The zero-order chi connectivity index (χ0) is 11.8. The molecule has 16 heavy (non-hydrogen) atoms. The second kappa shape index (κ2) is 8.04. The second-order valence-electron chi connectivity index (χ2n) is 4.67. The lowest BCUT2D eigenvalue weighted by atomic mass is 10.2. The molecule has 0 aliphatic carbocycles. The number of nitrogens with one attached hydrogen (secondary N) is 1. The number of ether oxygens (including phenoxy) is 1. The molecule has 3 heteroatoms. The zero-order valence-electron chi connectivity index (χ0n) is 11.2. The van der Waals surface area contributed by atoms with E-state index in [1.54, 1.807) is 0 Å². The summed E-state index contributed by atoms with van der Waals surface area (Å²) in [4.78, 5) is 2.52. The van der Waals surface area contributed by atoms with Gasteiger partial charge in [-0.05, 0) is 19.3 Å². The molecule has 1 aliphatic rings. The fourth-order valence-corrected chi connectivity index (χ4v) is 2.23. The van der Waals surface area contributed by atoms with E-state index in [4.69, 9.17) is 4.74 Å². The minimum absolute atomic E-state index is 0.460. The number of morpholine rings is 1. The van der Waals surface area contributed by atoms with Crippen LogP contribution in [0.2, 0.25) is 0 Å². The highest BCUT2D eigenvalue weighted by atomic mass is 16.5. The van der Waals surface area contributed by atoms with E-state index >= 15 is 0 Å². The lowest BCUT2D eigenvalue weighted by Crippen LogP contribution is -2.45. The first kappa shape index (κ1) is 13.9. The normalized spacial score (nSPS) is 22.9. The van der Waals surface area contributed by atoms with Crippen molar-refractivity contribution >= 4 is 0 Å². The molecular weight excluding hydrogens is 200 g/mol. The van der Waals surface area contributed by atoms with Crippen molar-refractivity contribution in [3.63, 3.8) is 0 Å². The van der Waals surface area contributed by atoms with Crippen LogP contribution < -0.4 is 5.32 Å². The molecule has 96 valence electrons. The van der Waals surface area contributed by atoms with Crippen LogP contribution in [-0.4, -0.2) is 49.8 Å². The molecule has 0 spiro atoms. The summed E-state index contributed by atoms with van der Waals surface area (Å²) in [5, 5.41) is 3.62. The summed E-state index contributed by atoms with van der Waals surface area (Å²) in [6.45, 7) is 12.1. The maximum atomic E-state index is 5.67. The first-order valence-electron chi connectivity index (χ1n) is 6.87. The van der Waals surface area contributed by atoms with Crippen LogP contribution >= 0.6 is 0 Å². The molecule has 0 aromatic heterocycles. The molecule has 0 amide bonds. The van der Waals surface area contributed by atoms with E-state index in [1.807, 2.05) is 0 Å². The molecule has 0 aromatic carbocycles. The highest BCUT2D eigenvalue weighted by molar-refractivity contribution is 4.72. The first-order valence-corrected chi connectivity index (χ1v) is 6.87. The van der Waals surface area contributed by atoms with Crippen LogP contribution in [0.5, 0.6) is 0 Å². The molecule has 1 heterocycles. The number of hydrogen-bond acceptors (Lipinski definition) is 3. The van der Waals surface area contributed by atoms with Gasteiger partial charge in [-0.15, -0.1) is 0 Å². The van der Waals surface area contributed by atoms with Crippen molar-refractivity contribution in [3.05, 3.63) is 0 Å². The fourth-order valence-electron chi connectivity index (χ4n) is 2.23. The average Bonchev–Trinajstić information content (AvgIpc) is 2.35. The van der Waals surface area contributed by atoms with Crippen LogP contribution in [0.25, 0.3) is 0 Å². The van der Waals surface area contributed by atoms with E-state index in [0.717, 1.165) is 39.2 Å². The summed E-state index contributed by atoms with van der Waals surface area (Å²) < 4.78 is 5.67. The molecule has 1 N–H and O–H groups in total. The van der Waals surface area contributed by atoms with Crippen molar-refractivity contribution in [1.82, 2.24) is 10.2 Å². The third kappa shape index (κ3) is 4.81. The minimum Gasteiger partial charge on any atom is -0.376 e. The highest BCUT2D eigenvalue weighted by Gasteiger charge is 2.18. The van der Waals surface area contributed by atoms with Gasteiger partial charge in [0, 0.05) is 32.2 Å². The van der Waals surface area contributed by atoms with E-state index in [-0.39, 0.29) is 0 Å². The molecular formula is C13H28N2O. The highest BCUT2D eigenvalue weighted by Crippen LogP contribution is 2.07. The quantitative estimate of drug-likeness (QED) is 0.720. The van der Waals surface area contributed by atoms with Crippen molar-refractivity contribution in [2.45, 2.75) is 52.2 Å². The Balaban J connectivity index is 2.12. The van der Waals surface area contributed by atoms with Gasteiger partial charge in [0.05, 0.1) is 12.7 Å². The van der Waals surface area contributed by atoms with E-state index < -0.39 is 0 Å². The van der Waals surface area contributed by atoms with Gasteiger partial charge in [-0.2, -0.15) is 0 Å². The predicted molar refractivity (Wildman–Crippen MR) is 68.8 cm³/mol. The van der Waals surface area contributed by atoms with Gasteiger partial charge >= 0.3 is 0 Å². The summed E-state index contributed by atoms with van der Waals surface area (Å²) in [6.07, 6.45) is 4.06. The summed E-state index contributed by atoms with van der Waals surface area (Å²) in [5.41, 5.74) is 0. The minimum atomic E-state index is 0.460. The van der Waals surface area contributed by atoms with Crippen LogP contribution in [0.4, 0.5) is 0 Å². The maximum absolute atomic E-state index is 5.67. The molecule has 0 saturated carbocycles. The Morgan fingerprint density at radius 2 is 2.06 bits per heavy atom. The summed E-state index contributed by atoms with van der Waals surface area (Å²) in [6, 6.07) is 0.697. The number of hydrogen-bond donors (Lipinski definition) is 1. The van der Waals surface area contributed by atoms with Crippen LogP contribution in [-0.2, 0) is 4.74 Å². The fraction of sp³-hybridized carbons (Fsp3) is 1.00. The summed E-state index contributed by atoms with van der Waals surface area (Å²) >= 11 is 0. The van der Waals surface area contributed by atoms with Gasteiger partial charge in [-0.25, -0.2) is 0 Å². The van der Waals surface area contributed by atoms with Crippen molar-refractivity contribution in [3.8, 4) is 0 Å². The van der Waals surface area contributed by atoms with E-state index in [9.17, 15) is 0 Å². The van der Waals surface area contributed by atoms with Crippen molar-refractivity contribution in [1.29, 1.82) is 0 Å². The van der Waals surface area contributed by atoms with Gasteiger partial charge in [-0.1, -0.05) is 20.8 Å². The van der Waals surface area contributed by atoms with Gasteiger partial charge in [-0.3, -0.25) is 4.90 Å². The Kier molecular flexibility index (Phi) is 7.01. The summed E-state index contributed by atoms with van der Waals surface area (Å²) in [5.74, 6) is 0. The molecule has 1 unspecified atom stereocenters. The van der Waals surface area contributed by atoms with Crippen LogP contribution in [0, 0.1) is 0 Å². The molecule has 1 aliphatic heterocycles. The molecule has 3 nitrogen and oxygen atoms in total. The van der Waals surface area contributed by atoms with Crippen molar-refractivity contribution in [2.75, 3.05) is 32.8 Å². The molecule has 1 rings (SSSR count). The lowest BCUT2D eigenvalue weighted by molar-refractivity contribution is -0.0292. The average molecular weight is 228 g/mol. The third-order valence-electron chi connectivity index (χ3n) is 3.52.